The van der Waals surface area contributed by atoms with E-state index in [4.69, 9.17) is 9.05 Å². The Labute approximate surface area is 116 Å². The Bertz CT molecular complexity index is 563. The number of aromatic nitrogens is 2. The molecule has 0 aliphatic heterocycles. The average molecular weight is 298 g/mol. The summed E-state index contributed by atoms with van der Waals surface area (Å²) in [5.41, 5.74) is 1.42. The Morgan fingerprint density at radius 2 is 1.79 bits per heavy atom. The lowest BCUT2D eigenvalue weighted by Crippen LogP contribution is -2.10. The summed E-state index contributed by atoms with van der Waals surface area (Å²) in [5, 5.41) is 4.05. The lowest BCUT2D eigenvalue weighted by Gasteiger charge is -2.15. The average Bonchev–Trinajstić information content (AvgIpc) is 2.90. The first-order valence-electron chi connectivity index (χ1n) is 5.98. The van der Waals surface area contributed by atoms with Gasteiger partial charge in [0.1, 0.15) is 5.69 Å². The molecule has 0 amide bonds. The van der Waals surface area contributed by atoms with E-state index in [9.17, 15) is 4.57 Å². The van der Waals surface area contributed by atoms with Gasteiger partial charge in [-0.05, 0) is 25.4 Å². The van der Waals surface area contributed by atoms with Crippen molar-refractivity contribution in [2.24, 2.45) is 0 Å². The highest BCUT2D eigenvalue weighted by Crippen LogP contribution is 2.49. The van der Waals surface area contributed by atoms with Crippen LogP contribution in [0, 0.1) is 0 Å². The molecule has 102 valence electrons. The molecule has 0 saturated carbocycles. The SMILES string of the molecule is CCOP(=O)(OCC)c1snnc1-c1ccccc1. The third-order valence-corrected chi connectivity index (χ3v) is 5.72. The smallest absolute Gasteiger partial charge is 0.305 e. The highest BCUT2D eigenvalue weighted by molar-refractivity contribution is 7.68. The van der Waals surface area contributed by atoms with Crippen molar-refractivity contribution in [2.75, 3.05) is 13.2 Å². The maximum Gasteiger partial charge on any atom is 0.375 e. The molecule has 1 aromatic heterocycles. The molecule has 0 N–H and O–H groups in total. The van der Waals surface area contributed by atoms with E-state index in [1.807, 2.05) is 30.3 Å². The van der Waals surface area contributed by atoms with Crippen LogP contribution in [0.2, 0.25) is 0 Å². The maximum absolute atomic E-state index is 12.8. The van der Waals surface area contributed by atoms with Crippen molar-refractivity contribution >= 4 is 23.7 Å². The molecule has 0 aliphatic carbocycles. The third-order valence-electron chi connectivity index (χ3n) is 2.36. The summed E-state index contributed by atoms with van der Waals surface area (Å²) in [4.78, 5) is 0. The van der Waals surface area contributed by atoms with Crippen LogP contribution in [-0.4, -0.2) is 22.8 Å². The van der Waals surface area contributed by atoms with E-state index in [0.717, 1.165) is 17.1 Å². The summed E-state index contributed by atoms with van der Waals surface area (Å²) in [6.07, 6.45) is 0. The van der Waals surface area contributed by atoms with Gasteiger partial charge in [0.15, 0.2) is 4.62 Å². The van der Waals surface area contributed by atoms with Gasteiger partial charge in [-0.3, -0.25) is 4.57 Å². The topological polar surface area (TPSA) is 61.3 Å². The molecule has 0 radical (unpaired) electrons. The number of hydrogen-bond acceptors (Lipinski definition) is 6. The predicted octanol–water partition coefficient (Wildman–Crippen LogP) is 3.10. The van der Waals surface area contributed by atoms with E-state index in [1.165, 1.54) is 0 Å². The Hall–Kier alpha value is -1.07. The standard InChI is InChI=1S/C12H15N2O3PS/c1-3-16-18(15,17-4-2)12-11(13-14-19-12)10-8-6-5-7-9-10/h5-9H,3-4H2,1-2H3. The van der Waals surface area contributed by atoms with Crippen LogP contribution < -0.4 is 4.62 Å². The Kier molecular flexibility index (Phi) is 4.82. The molecule has 0 bridgehead atoms. The molecule has 2 rings (SSSR count). The second kappa shape index (κ2) is 6.39. The molecule has 0 unspecified atom stereocenters. The molecule has 2 aromatic rings. The van der Waals surface area contributed by atoms with Gasteiger partial charge in [-0.25, -0.2) is 0 Å². The van der Waals surface area contributed by atoms with E-state index in [1.54, 1.807) is 13.8 Å². The largest absolute Gasteiger partial charge is 0.375 e. The molecule has 7 heteroatoms. The lowest BCUT2D eigenvalue weighted by molar-refractivity contribution is 0.230. The van der Waals surface area contributed by atoms with Crippen molar-refractivity contribution in [3.05, 3.63) is 30.3 Å². The zero-order chi connectivity index (χ0) is 13.7. The van der Waals surface area contributed by atoms with Gasteiger partial charge in [0.25, 0.3) is 0 Å². The van der Waals surface area contributed by atoms with Crippen molar-refractivity contribution < 1.29 is 13.6 Å². The van der Waals surface area contributed by atoms with Gasteiger partial charge in [0, 0.05) is 5.56 Å². The van der Waals surface area contributed by atoms with Crippen LogP contribution in [-0.2, 0) is 13.6 Å². The first-order chi connectivity index (χ1) is 9.21. The fourth-order valence-corrected chi connectivity index (χ4v) is 4.33. The zero-order valence-electron chi connectivity index (χ0n) is 10.8. The molecule has 0 fully saturated rings. The fourth-order valence-electron chi connectivity index (χ4n) is 1.64. The van der Waals surface area contributed by atoms with Crippen LogP contribution in [0.25, 0.3) is 11.3 Å². The fraction of sp³-hybridized carbons (Fsp3) is 0.333. The van der Waals surface area contributed by atoms with Crippen LogP contribution in [0.15, 0.2) is 30.3 Å². The predicted molar refractivity (Wildman–Crippen MR) is 75.8 cm³/mol. The second-order valence-electron chi connectivity index (χ2n) is 3.63. The van der Waals surface area contributed by atoms with E-state index in [2.05, 4.69) is 9.59 Å². The quantitative estimate of drug-likeness (QED) is 0.767. The Balaban J connectivity index is 2.46. The normalized spacial score (nSPS) is 11.7. The highest BCUT2D eigenvalue weighted by atomic mass is 32.1. The van der Waals surface area contributed by atoms with Gasteiger partial charge in [0.2, 0.25) is 0 Å². The van der Waals surface area contributed by atoms with E-state index < -0.39 is 7.60 Å². The maximum atomic E-state index is 12.8. The first kappa shape index (κ1) is 14.3. The summed E-state index contributed by atoms with van der Waals surface area (Å²) in [7, 11) is -3.33. The van der Waals surface area contributed by atoms with E-state index in [0.29, 0.717) is 23.5 Å². The molecule has 0 aliphatic rings. The van der Waals surface area contributed by atoms with E-state index >= 15 is 0 Å². The van der Waals surface area contributed by atoms with Gasteiger partial charge in [0.05, 0.1) is 13.2 Å². The van der Waals surface area contributed by atoms with Crippen molar-refractivity contribution in [1.82, 2.24) is 9.59 Å². The van der Waals surface area contributed by atoms with Crippen molar-refractivity contribution in [3.63, 3.8) is 0 Å². The van der Waals surface area contributed by atoms with E-state index in [-0.39, 0.29) is 0 Å². The Morgan fingerprint density at radius 3 is 2.37 bits per heavy atom. The minimum atomic E-state index is -3.33. The third kappa shape index (κ3) is 3.09. The van der Waals surface area contributed by atoms with Crippen molar-refractivity contribution in [1.29, 1.82) is 0 Å². The van der Waals surface area contributed by atoms with Crippen LogP contribution >= 0.6 is 19.1 Å². The number of benzene rings is 1. The van der Waals surface area contributed by atoms with Gasteiger partial charge >= 0.3 is 7.60 Å². The summed E-state index contributed by atoms with van der Waals surface area (Å²) in [6.45, 7) is 4.18. The first-order valence-corrected chi connectivity index (χ1v) is 8.30. The summed E-state index contributed by atoms with van der Waals surface area (Å²) in [5.74, 6) is 0. The minimum Gasteiger partial charge on any atom is -0.305 e. The number of hydrogen-bond donors (Lipinski definition) is 0. The molecule has 5 nitrogen and oxygen atoms in total. The number of nitrogens with zero attached hydrogens (tertiary/aromatic N) is 2. The number of rotatable bonds is 6. The molecule has 0 spiro atoms. The van der Waals surface area contributed by atoms with Crippen LogP contribution in [0.5, 0.6) is 0 Å². The van der Waals surface area contributed by atoms with Crippen LogP contribution in [0.1, 0.15) is 13.8 Å². The van der Waals surface area contributed by atoms with Gasteiger partial charge in [-0.15, -0.1) is 5.10 Å². The summed E-state index contributed by atoms with van der Waals surface area (Å²) in [6, 6.07) is 9.48. The van der Waals surface area contributed by atoms with Crippen LogP contribution in [0.3, 0.4) is 0 Å². The molecule has 1 heterocycles. The molecular formula is C12H15N2O3PS. The van der Waals surface area contributed by atoms with Crippen molar-refractivity contribution in [3.8, 4) is 11.3 Å². The minimum absolute atomic E-state index is 0.309. The van der Waals surface area contributed by atoms with Gasteiger partial charge < -0.3 is 9.05 Å². The Morgan fingerprint density at radius 1 is 1.16 bits per heavy atom. The molecular weight excluding hydrogens is 283 g/mol. The lowest BCUT2D eigenvalue weighted by atomic mass is 10.2. The molecule has 1 aromatic carbocycles. The molecule has 0 atom stereocenters. The van der Waals surface area contributed by atoms with Gasteiger partial charge in [-0.1, -0.05) is 34.8 Å². The van der Waals surface area contributed by atoms with Gasteiger partial charge in [-0.2, -0.15) is 0 Å². The van der Waals surface area contributed by atoms with Crippen molar-refractivity contribution in [2.45, 2.75) is 13.8 Å². The summed E-state index contributed by atoms with van der Waals surface area (Å²) < 4.78 is 27.8. The monoisotopic (exact) mass is 298 g/mol. The molecule has 0 saturated heterocycles. The molecule has 19 heavy (non-hydrogen) atoms. The highest BCUT2D eigenvalue weighted by Gasteiger charge is 2.33. The second-order valence-corrected chi connectivity index (χ2v) is 6.64. The van der Waals surface area contributed by atoms with Crippen LogP contribution in [0.4, 0.5) is 0 Å². The zero-order valence-corrected chi connectivity index (χ0v) is 12.5. The summed E-state index contributed by atoms with van der Waals surface area (Å²) >= 11 is 1.06.